The number of rotatable bonds is 4. The number of aliphatic hydroxyl groups excluding tert-OH is 1. The molecule has 1 aliphatic rings. The summed E-state index contributed by atoms with van der Waals surface area (Å²) < 4.78 is 40.4. The predicted molar refractivity (Wildman–Crippen MR) is 48.5 cm³/mol. The number of ether oxygens (including phenoxy) is 1. The van der Waals surface area contributed by atoms with Gasteiger partial charge >= 0.3 is 6.18 Å². The number of alkyl halides is 3. The van der Waals surface area contributed by atoms with Crippen molar-refractivity contribution in [1.29, 1.82) is 0 Å². The molecule has 2 unspecified atom stereocenters. The highest BCUT2D eigenvalue weighted by Gasteiger charge is 2.38. The van der Waals surface area contributed by atoms with E-state index in [1.54, 1.807) is 0 Å². The van der Waals surface area contributed by atoms with E-state index in [9.17, 15) is 13.2 Å². The fraction of sp³-hybridized carbons (Fsp3) is 1.00. The fourth-order valence-corrected chi connectivity index (χ4v) is 1.48. The maximum Gasteiger partial charge on any atom is 0.416 e. The molecule has 1 saturated heterocycles. The first-order valence-corrected chi connectivity index (χ1v) is 5.06. The van der Waals surface area contributed by atoms with E-state index in [-0.39, 0.29) is 12.6 Å². The van der Waals surface area contributed by atoms with Crippen LogP contribution < -0.4 is 5.32 Å². The Hall–Kier alpha value is -0.330. The van der Waals surface area contributed by atoms with Crippen LogP contribution in [0.25, 0.3) is 0 Å². The van der Waals surface area contributed by atoms with Crippen LogP contribution in [-0.4, -0.2) is 43.2 Å². The van der Waals surface area contributed by atoms with E-state index in [2.05, 4.69) is 5.32 Å². The van der Waals surface area contributed by atoms with Crippen molar-refractivity contribution in [3.8, 4) is 0 Å². The Morgan fingerprint density at radius 2 is 2.13 bits per heavy atom. The van der Waals surface area contributed by atoms with Gasteiger partial charge in [0.2, 0.25) is 0 Å². The van der Waals surface area contributed by atoms with Crippen molar-refractivity contribution in [2.24, 2.45) is 0 Å². The van der Waals surface area contributed by atoms with Crippen molar-refractivity contribution >= 4 is 0 Å². The maximum atomic E-state index is 11.9. The van der Waals surface area contributed by atoms with Gasteiger partial charge in [0.1, 0.15) is 0 Å². The lowest BCUT2D eigenvalue weighted by Crippen LogP contribution is -2.39. The van der Waals surface area contributed by atoms with E-state index in [0.717, 1.165) is 25.8 Å². The van der Waals surface area contributed by atoms with Crippen LogP contribution in [-0.2, 0) is 4.74 Å². The monoisotopic (exact) mass is 227 g/mol. The van der Waals surface area contributed by atoms with E-state index in [1.807, 2.05) is 0 Å². The van der Waals surface area contributed by atoms with Gasteiger partial charge in [0.05, 0.1) is 13.2 Å². The zero-order chi connectivity index (χ0) is 11.3. The molecule has 2 N–H and O–H groups in total. The highest BCUT2D eigenvalue weighted by molar-refractivity contribution is 4.72. The molecular weight excluding hydrogens is 211 g/mol. The Kier molecular flexibility index (Phi) is 4.82. The van der Waals surface area contributed by atoms with Gasteiger partial charge in [-0.2, -0.15) is 13.2 Å². The first-order valence-electron chi connectivity index (χ1n) is 5.06. The minimum absolute atomic E-state index is 0.124. The minimum Gasteiger partial charge on any atom is -0.382 e. The van der Waals surface area contributed by atoms with E-state index < -0.39 is 18.9 Å². The van der Waals surface area contributed by atoms with Gasteiger partial charge in [-0.3, -0.25) is 0 Å². The van der Waals surface area contributed by atoms with E-state index in [1.165, 1.54) is 0 Å². The summed E-state index contributed by atoms with van der Waals surface area (Å²) >= 11 is 0. The third-order valence-electron chi connectivity index (χ3n) is 2.38. The number of piperidine rings is 1. The third-order valence-corrected chi connectivity index (χ3v) is 2.38. The lowest BCUT2D eigenvalue weighted by molar-refractivity contribution is -0.217. The van der Waals surface area contributed by atoms with Crippen LogP contribution in [0.15, 0.2) is 0 Å². The second-order valence-corrected chi connectivity index (χ2v) is 3.74. The summed E-state index contributed by atoms with van der Waals surface area (Å²) in [7, 11) is 0. The fourth-order valence-electron chi connectivity index (χ4n) is 1.48. The van der Waals surface area contributed by atoms with E-state index in [0.29, 0.717) is 0 Å². The van der Waals surface area contributed by atoms with Crippen molar-refractivity contribution in [2.45, 2.75) is 37.6 Å². The van der Waals surface area contributed by atoms with Crippen molar-refractivity contribution < 1.29 is 23.0 Å². The van der Waals surface area contributed by atoms with Crippen molar-refractivity contribution in [3.63, 3.8) is 0 Å². The van der Waals surface area contributed by atoms with Crippen molar-refractivity contribution in [1.82, 2.24) is 5.32 Å². The number of hydrogen-bond donors (Lipinski definition) is 2. The van der Waals surface area contributed by atoms with Crippen LogP contribution in [0.3, 0.4) is 0 Å². The summed E-state index contributed by atoms with van der Waals surface area (Å²) in [4.78, 5) is 0. The Labute approximate surface area is 86.6 Å². The van der Waals surface area contributed by atoms with E-state index in [4.69, 9.17) is 9.84 Å². The molecule has 2 atom stereocenters. The van der Waals surface area contributed by atoms with Gasteiger partial charge in [-0.15, -0.1) is 0 Å². The molecule has 0 aliphatic carbocycles. The molecule has 0 radical (unpaired) electrons. The first-order chi connectivity index (χ1) is 7.00. The van der Waals surface area contributed by atoms with Gasteiger partial charge in [-0.05, 0) is 19.4 Å². The molecule has 15 heavy (non-hydrogen) atoms. The van der Waals surface area contributed by atoms with Crippen LogP contribution in [0.2, 0.25) is 0 Å². The first kappa shape index (κ1) is 12.7. The average molecular weight is 227 g/mol. The lowest BCUT2D eigenvalue weighted by Gasteiger charge is -2.24. The van der Waals surface area contributed by atoms with Gasteiger partial charge in [0.25, 0.3) is 0 Å². The number of hydrogen-bond acceptors (Lipinski definition) is 3. The van der Waals surface area contributed by atoms with E-state index >= 15 is 0 Å². The summed E-state index contributed by atoms with van der Waals surface area (Å²) in [5.74, 6) is 0. The number of halogens is 3. The Bertz CT molecular complexity index is 181. The molecule has 1 rings (SSSR count). The SMILES string of the molecule is OC(COCC1CCCCN1)C(F)(F)F. The number of aliphatic hydroxyl groups is 1. The smallest absolute Gasteiger partial charge is 0.382 e. The number of nitrogens with one attached hydrogen (secondary N) is 1. The molecular formula is C9H16F3NO2. The topological polar surface area (TPSA) is 41.5 Å². The van der Waals surface area contributed by atoms with Crippen LogP contribution in [0.1, 0.15) is 19.3 Å². The second-order valence-electron chi connectivity index (χ2n) is 3.74. The van der Waals surface area contributed by atoms with Crippen LogP contribution in [0.4, 0.5) is 13.2 Å². The molecule has 1 fully saturated rings. The molecule has 0 amide bonds. The molecule has 3 nitrogen and oxygen atoms in total. The molecule has 1 aliphatic heterocycles. The second kappa shape index (κ2) is 5.67. The van der Waals surface area contributed by atoms with Crippen LogP contribution in [0.5, 0.6) is 0 Å². The van der Waals surface area contributed by atoms with Crippen LogP contribution >= 0.6 is 0 Å². The lowest BCUT2D eigenvalue weighted by atomic mass is 10.1. The van der Waals surface area contributed by atoms with Crippen molar-refractivity contribution in [2.75, 3.05) is 19.8 Å². The van der Waals surface area contributed by atoms with Crippen molar-refractivity contribution in [3.05, 3.63) is 0 Å². The largest absolute Gasteiger partial charge is 0.416 e. The molecule has 0 aromatic rings. The molecule has 0 aromatic carbocycles. The summed E-state index contributed by atoms with van der Waals surface area (Å²) in [6.07, 6.45) is -3.87. The van der Waals surface area contributed by atoms with Crippen LogP contribution in [0, 0.1) is 0 Å². The standard InChI is InChI=1S/C9H16F3NO2/c10-9(11,12)8(14)6-15-5-7-3-1-2-4-13-7/h7-8,13-14H,1-6H2. The molecule has 90 valence electrons. The summed E-state index contributed by atoms with van der Waals surface area (Å²) in [5, 5.41) is 11.8. The van der Waals surface area contributed by atoms with Gasteiger partial charge in [0, 0.05) is 6.04 Å². The Morgan fingerprint density at radius 3 is 2.67 bits per heavy atom. The Balaban J connectivity index is 2.10. The zero-order valence-electron chi connectivity index (χ0n) is 8.39. The highest BCUT2D eigenvalue weighted by atomic mass is 19.4. The molecule has 0 bridgehead atoms. The van der Waals surface area contributed by atoms with Gasteiger partial charge in [-0.25, -0.2) is 0 Å². The zero-order valence-corrected chi connectivity index (χ0v) is 8.39. The third kappa shape index (κ3) is 4.81. The average Bonchev–Trinajstić information content (AvgIpc) is 2.18. The Morgan fingerprint density at radius 1 is 1.40 bits per heavy atom. The molecule has 0 saturated carbocycles. The molecule has 6 heteroatoms. The molecule has 1 heterocycles. The highest BCUT2D eigenvalue weighted by Crippen LogP contribution is 2.20. The molecule has 0 spiro atoms. The minimum atomic E-state index is -4.58. The predicted octanol–water partition coefficient (Wildman–Crippen LogP) is 1.07. The summed E-state index contributed by atoms with van der Waals surface area (Å²) in [5.41, 5.74) is 0. The normalized spacial score (nSPS) is 25.2. The maximum absolute atomic E-state index is 11.9. The van der Waals surface area contributed by atoms with Gasteiger partial charge in [0.15, 0.2) is 6.10 Å². The van der Waals surface area contributed by atoms with Gasteiger partial charge < -0.3 is 15.2 Å². The quantitative estimate of drug-likeness (QED) is 0.754. The summed E-state index contributed by atoms with van der Waals surface area (Å²) in [6.45, 7) is 0.435. The summed E-state index contributed by atoms with van der Waals surface area (Å²) in [6, 6.07) is 0.124. The van der Waals surface area contributed by atoms with Gasteiger partial charge in [-0.1, -0.05) is 6.42 Å². The molecule has 0 aromatic heterocycles.